The highest BCUT2D eigenvalue weighted by atomic mass is 16.2. The van der Waals surface area contributed by atoms with Gasteiger partial charge in [-0.25, -0.2) is 0 Å². The van der Waals surface area contributed by atoms with Gasteiger partial charge in [0.25, 0.3) is 0 Å². The summed E-state index contributed by atoms with van der Waals surface area (Å²) in [4.78, 5) is 14.6. The van der Waals surface area contributed by atoms with Crippen molar-refractivity contribution in [2.75, 3.05) is 6.54 Å². The van der Waals surface area contributed by atoms with Crippen LogP contribution >= 0.6 is 0 Å². The molecular formula is C15H26N2O. The van der Waals surface area contributed by atoms with Gasteiger partial charge in [0, 0.05) is 30.6 Å². The van der Waals surface area contributed by atoms with Crippen molar-refractivity contribution < 1.29 is 4.79 Å². The maximum absolute atomic E-state index is 12.5. The van der Waals surface area contributed by atoms with E-state index in [2.05, 4.69) is 24.1 Å². The summed E-state index contributed by atoms with van der Waals surface area (Å²) in [5.41, 5.74) is 0.100. The molecule has 0 aromatic heterocycles. The lowest BCUT2D eigenvalue weighted by Gasteiger charge is -2.34. The summed E-state index contributed by atoms with van der Waals surface area (Å²) in [7, 11) is 0. The molecule has 102 valence electrons. The summed E-state index contributed by atoms with van der Waals surface area (Å²) >= 11 is 0. The van der Waals surface area contributed by atoms with Crippen LogP contribution in [0.4, 0.5) is 0 Å². The minimum absolute atomic E-state index is 0.100. The smallest absolute Gasteiger partial charge is 0.223 e. The van der Waals surface area contributed by atoms with Crippen molar-refractivity contribution in [3.8, 4) is 0 Å². The lowest BCUT2D eigenvalue weighted by molar-refractivity contribution is -0.135. The second-order valence-corrected chi connectivity index (χ2v) is 7.14. The molecular weight excluding hydrogens is 224 g/mol. The Morgan fingerprint density at radius 1 is 1.28 bits per heavy atom. The first-order chi connectivity index (χ1) is 8.54. The fourth-order valence-corrected chi connectivity index (χ4v) is 4.27. The van der Waals surface area contributed by atoms with Gasteiger partial charge >= 0.3 is 0 Å². The van der Waals surface area contributed by atoms with Crippen LogP contribution in [-0.4, -0.2) is 35.0 Å². The highest BCUT2D eigenvalue weighted by Crippen LogP contribution is 2.35. The number of carbonyl (C=O) groups excluding carboxylic acids is 1. The SMILES string of the molecule is CC1(C)CCCN1C(=O)CC1CC2CCC(C1)N2. The number of fused-ring (bicyclic) bond motifs is 2. The van der Waals surface area contributed by atoms with E-state index in [1.54, 1.807) is 0 Å². The number of nitrogens with one attached hydrogen (secondary N) is 1. The molecule has 0 spiro atoms. The lowest BCUT2D eigenvalue weighted by atomic mass is 9.89. The Bertz CT molecular complexity index is 327. The molecule has 2 unspecified atom stereocenters. The van der Waals surface area contributed by atoms with Crippen LogP contribution in [0.25, 0.3) is 0 Å². The van der Waals surface area contributed by atoms with E-state index in [9.17, 15) is 4.79 Å². The maximum atomic E-state index is 12.5. The molecule has 0 aliphatic carbocycles. The van der Waals surface area contributed by atoms with E-state index in [1.165, 1.54) is 32.1 Å². The molecule has 3 fully saturated rings. The topological polar surface area (TPSA) is 32.3 Å². The lowest BCUT2D eigenvalue weighted by Crippen LogP contribution is -2.45. The molecule has 1 N–H and O–H groups in total. The Morgan fingerprint density at radius 3 is 2.50 bits per heavy atom. The minimum atomic E-state index is 0.100. The Hall–Kier alpha value is -0.570. The third-order valence-electron chi connectivity index (χ3n) is 5.24. The van der Waals surface area contributed by atoms with Gasteiger partial charge in [0.2, 0.25) is 5.91 Å². The first kappa shape index (κ1) is 12.5. The summed E-state index contributed by atoms with van der Waals surface area (Å²) in [5, 5.41) is 3.65. The molecule has 3 heteroatoms. The first-order valence-electron chi connectivity index (χ1n) is 7.61. The largest absolute Gasteiger partial charge is 0.338 e. The van der Waals surface area contributed by atoms with Gasteiger partial charge in [-0.1, -0.05) is 0 Å². The molecule has 3 saturated heterocycles. The predicted octanol–water partition coefficient (Wildman–Crippen LogP) is 2.31. The van der Waals surface area contributed by atoms with Crippen molar-refractivity contribution in [2.24, 2.45) is 5.92 Å². The van der Waals surface area contributed by atoms with Gasteiger partial charge in [-0.2, -0.15) is 0 Å². The Balaban J connectivity index is 1.58. The molecule has 3 nitrogen and oxygen atoms in total. The normalized spacial score (nSPS) is 38.1. The predicted molar refractivity (Wildman–Crippen MR) is 72.3 cm³/mol. The molecule has 3 aliphatic rings. The molecule has 0 aromatic rings. The summed E-state index contributed by atoms with van der Waals surface area (Å²) in [6.07, 6.45) is 8.21. The van der Waals surface area contributed by atoms with Crippen molar-refractivity contribution in [1.29, 1.82) is 0 Å². The average Bonchev–Trinajstić information content (AvgIpc) is 2.81. The van der Waals surface area contributed by atoms with Crippen molar-refractivity contribution >= 4 is 5.91 Å². The molecule has 0 saturated carbocycles. The number of hydrogen-bond donors (Lipinski definition) is 1. The number of piperidine rings is 1. The maximum Gasteiger partial charge on any atom is 0.223 e. The van der Waals surface area contributed by atoms with Crippen LogP contribution in [0.3, 0.4) is 0 Å². The van der Waals surface area contributed by atoms with Crippen molar-refractivity contribution in [3.05, 3.63) is 0 Å². The van der Waals surface area contributed by atoms with E-state index in [-0.39, 0.29) is 5.54 Å². The van der Waals surface area contributed by atoms with E-state index in [4.69, 9.17) is 0 Å². The molecule has 2 atom stereocenters. The number of amides is 1. The number of carbonyl (C=O) groups is 1. The molecule has 1 amide bonds. The van der Waals surface area contributed by atoms with Gasteiger partial charge < -0.3 is 10.2 Å². The zero-order valence-corrected chi connectivity index (χ0v) is 11.7. The van der Waals surface area contributed by atoms with E-state index >= 15 is 0 Å². The third-order valence-corrected chi connectivity index (χ3v) is 5.24. The molecule has 18 heavy (non-hydrogen) atoms. The number of likely N-dealkylation sites (tertiary alicyclic amines) is 1. The van der Waals surface area contributed by atoms with Crippen LogP contribution in [-0.2, 0) is 4.79 Å². The van der Waals surface area contributed by atoms with Gasteiger partial charge in [0.05, 0.1) is 0 Å². The van der Waals surface area contributed by atoms with Gasteiger partial charge in [0.1, 0.15) is 0 Å². The van der Waals surface area contributed by atoms with Gasteiger partial charge in [0.15, 0.2) is 0 Å². The second kappa shape index (κ2) is 4.52. The Morgan fingerprint density at radius 2 is 1.94 bits per heavy atom. The van der Waals surface area contributed by atoms with Crippen LogP contribution in [0.15, 0.2) is 0 Å². The van der Waals surface area contributed by atoms with Crippen LogP contribution in [0, 0.1) is 5.92 Å². The van der Waals surface area contributed by atoms with E-state index in [0.29, 0.717) is 23.9 Å². The van der Waals surface area contributed by atoms with E-state index in [1.807, 2.05) is 0 Å². The first-order valence-corrected chi connectivity index (χ1v) is 7.61. The summed E-state index contributed by atoms with van der Waals surface area (Å²) in [6.45, 7) is 5.40. The second-order valence-electron chi connectivity index (χ2n) is 7.14. The number of nitrogens with zero attached hydrogens (tertiary/aromatic N) is 1. The van der Waals surface area contributed by atoms with Crippen LogP contribution in [0.2, 0.25) is 0 Å². The fourth-order valence-electron chi connectivity index (χ4n) is 4.27. The van der Waals surface area contributed by atoms with Crippen molar-refractivity contribution in [2.45, 2.75) is 76.4 Å². The van der Waals surface area contributed by atoms with Crippen LogP contribution in [0.5, 0.6) is 0 Å². The van der Waals surface area contributed by atoms with Crippen molar-refractivity contribution in [1.82, 2.24) is 10.2 Å². The third kappa shape index (κ3) is 2.29. The van der Waals surface area contributed by atoms with Crippen LogP contribution in [0.1, 0.15) is 58.8 Å². The quantitative estimate of drug-likeness (QED) is 0.815. The van der Waals surface area contributed by atoms with Gasteiger partial charge in [-0.15, -0.1) is 0 Å². The fraction of sp³-hybridized carbons (Fsp3) is 0.933. The highest BCUT2D eigenvalue weighted by Gasteiger charge is 2.38. The molecule has 2 bridgehead atoms. The molecule has 3 heterocycles. The van der Waals surface area contributed by atoms with Crippen LogP contribution < -0.4 is 5.32 Å². The standard InChI is InChI=1S/C15H26N2O/c1-15(2)6-3-7-17(15)14(18)10-11-8-12-4-5-13(9-11)16-12/h11-13,16H,3-10H2,1-2H3. The Kier molecular flexibility index (Phi) is 3.13. The van der Waals surface area contributed by atoms with E-state index in [0.717, 1.165) is 19.4 Å². The highest BCUT2D eigenvalue weighted by molar-refractivity contribution is 5.77. The molecule has 0 aromatic carbocycles. The zero-order valence-electron chi connectivity index (χ0n) is 11.7. The van der Waals surface area contributed by atoms with E-state index < -0.39 is 0 Å². The zero-order chi connectivity index (χ0) is 12.8. The molecule has 3 aliphatic heterocycles. The minimum Gasteiger partial charge on any atom is -0.338 e. The molecule has 3 rings (SSSR count). The number of rotatable bonds is 2. The number of hydrogen-bond acceptors (Lipinski definition) is 2. The monoisotopic (exact) mass is 250 g/mol. The Labute approximate surface area is 110 Å². The average molecular weight is 250 g/mol. The van der Waals surface area contributed by atoms with Gasteiger partial charge in [-0.05, 0) is 58.3 Å². The van der Waals surface area contributed by atoms with Gasteiger partial charge in [-0.3, -0.25) is 4.79 Å². The van der Waals surface area contributed by atoms with Crippen molar-refractivity contribution in [3.63, 3.8) is 0 Å². The summed E-state index contributed by atoms with van der Waals surface area (Å²) < 4.78 is 0. The summed E-state index contributed by atoms with van der Waals surface area (Å²) in [5.74, 6) is 1.04. The summed E-state index contributed by atoms with van der Waals surface area (Å²) in [6, 6.07) is 1.40. The molecule has 0 radical (unpaired) electrons.